The number of hydrogen-bond acceptors (Lipinski definition) is 2. The summed E-state index contributed by atoms with van der Waals surface area (Å²) >= 11 is 0. The van der Waals surface area contributed by atoms with E-state index in [1.165, 1.54) is 51.7 Å². The Balaban J connectivity index is 1.88. The molecule has 2 aliphatic rings. The van der Waals surface area contributed by atoms with E-state index in [0.717, 1.165) is 18.0 Å². The Labute approximate surface area is 94.4 Å². The third-order valence-corrected chi connectivity index (χ3v) is 4.32. The van der Waals surface area contributed by atoms with Crippen LogP contribution in [0.4, 0.5) is 0 Å². The summed E-state index contributed by atoms with van der Waals surface area (Å²) in [6.07, 6.45) is 7.12. The highest BCUT2D eigenvalue weighted by molar-refractivity contribution is 4.86. The normalized spacial score (nSPS) is 37.4. The number of likely N-dealkylation sites (N-methyl/N-ethyl adjacent to an activating group) is 1. The molecule has 1 saturated carbocycles. The maximum absolute atomic E-state index is 3.49. The van der Waals surface area contributed by atoms with Crippen LogP contribution < -0.4 is 5.32 Å². The zero-order valence-corrected chi connectivity index (χ0v) is 10.3. The quantitative estimate of drug-likeness (QED) is 0.768. The van der Waals surface area contributed by atoms with Crippen molar-refractivity contribution < 1.29 is 0 Å². The number of nitrogens with zero attached hydrogens (tertiary/aromatic N) is 1. The molecule has 2 heteroatoms. The number of nitrogens with one attached hydrogen (secondary N) is 1. The van der Waals surface area contributed by atoms with E-state index in [-0.39, 0.29) is 0 Å². The second-order valence-corrected chi connectivity index (χ2v) is 5.39. The van der Waals surface area contributed by atoms with Gasteiger partial charge < -0.3 is 5.32 Å². The minimum absolute atomic E-state index is 0.827. The van der Waals surface area contributed by atoms with Crippen molar-refractivity contribution in [2.75, 3.05) is 19.6 Å². The lowest BCUT2D eigenvalue weighted by Crippen LogP contribution is -2.45. The van der Waals surface area contributed by atoms with Gasteiger partial charge in [-0.3, -0.25) is 4.90 Å². The van der Waals surface area contributed by atoms with Crippen molar-refractivity contribution in [3.05, 3.63) is 0 Å². The van der Waals surface area contributed by atoms with Gasteiger partial charge in [-0.25, -0.2) is 0 Å². The molecule has 1 aliphatic carbocycles. The summed E-state index contributed by atoms with van der Waals surface area (Å²) in [6.45, 7) is 8.43. The molecule has 2 rings (SSSR count). The predicted octanol–water partition coefficient (Wildman–Crippen LogP) is 2.25. The summed E-state index contributed by atoms with van der Waals surface area (Å²) in [4.78, 5) is 2.77. The molecule has 0 aromatic rings. The zero-order valence-electron chi connectivity index (χ0n) is 10.3. The van der Waals surface area contributed by atoms with Gasteiger partial charge in [0.15, 0.2) is 0 Å². The summed E-state index contributed by atoms with van der Waals surface area (Å²) in [6, 6.07) is 1.71. The summed E-state index contributed by atoms with van der Waals surface area (Å²) in [5.74, 6) is 0.974. The molecule has 1 atom stereocenters. The van der Waals surface area contributed by atoms with Crippen LogP contribution in [0.25, 0.3) is 0 Å². The molecule has 88 valence electrons. The van der Waals surface area contributed by atoms with E-state index in [9.17, 15) is 0 Å². The number of rotatable bonds is 3. The van der Waals surface area contributed by atoms with Gasteiger partial charge in [-0.05, 0) is 51.1 Å². The van der Waals surface area contributed by atoms with Crippen molar-refractivity contribution in [2.24, 2.45) is 5.92 Å². The number of hydrogen-bond donors (Lipinski definition) is 1. The molecule has 0 aromatic heterocycles. The molecule has 0 radical (unpaired) electrons. The maximum atomic E-state index is 3.49. The van der Waals surface area contributed by atoms with E-state index in [1.54, 1.807) is 0 Å². The molecule has 1 aliphatic heterocycles. The van der Waals surface area contributed by atoms with Gasteiger partial charge in [0.25, 0.3) is 0 Å². The Morgan fingerprint density at radius 2 is 1.80 bits per heavy atom. The van der Waals surface area contributed by atoms with Gasteiger partial charge in [0.05, 0.1) is 0 Å². The fraction of sp³-hybridized carbons (Fsp3) is 1.00. The summed E-state index contributed by atoms with van der Waals surface area (Å²) in [5.41, 5.74) is 0. The van der Waals surface area contributed by atoms with Crippen LogP contribution in [-0.4, -0.2) is 36.6 Å². The van der Waals surface area contributed by atoms with E-state index in [1.807, 2.05) is 0 Å². The largest absolute Gasteiger partial charge is 0.315 e. The highest BCUT2D eigenvalue weighted by Gasteiger charge is 2.29. The van der Waals surface area contributed by atoms with E-state index in [2.05, 4.69) is 24.1 Å². The third kappa shape index (κ3) is 2.73. The minimum Gasteiger partial charge on any atom is -0.315 e. The van der Waals surface area contributed by atoms with Gasteiger partial charge >= 0.3 is 0 Å². The first-order valence-corrected chi connectivity index (χ1v) is 6.77. The summed E-state index contributed by atoms with van der Waals surface area (Å²) in [5, 5.41) is 3.49. The Hall–Kier alpha value is -0.0800. The van der Waals surface area contributed by atoms with Crippen LogP contribution in [-0.2, 0) is 0 Å². The Morgan fingerprint density at radius 1 is 1.07 bits per heavy atom. The van der Waals surface area contributed by atoms with Crippen molar-refractivity contribution in [3.63, 3.8) is 0 Å². The molecule has 0 spiro atoms. The van der Waals surface area contributed by atoms with Crippen LogP contribution in [0.1, 0.15) is 46.0 Å². The lowest BCUT2D eigenvalue weighted by Gasteiger charge is -2.39. The maximum Gasteiger partial charge on any atom is 0.0235 e. The first-order chi connectivity index (χ1) is 7.31. The topological polar surface area (TPSA) is 15.3 Å². The van der Waals surface area contributed by atoms with Crippen molar-refractivity contribution >= 4 is 0 Å². The molecule has 1 heterocycles. The monoisotopic (exact) mass is 210 g/mol. The fourth-order valence-corrected chi connectivity index (χ4v) is 3.31. The minimum atomic E-state index is 0.827. The second kappa shape index (κ2) is 5.31. The first-order valence-electron chi connectivity index (χ1n) is 6.77. The first kappa shape index (κ1) is 11.4. The molecule has 0 aromatic carbocycles. The standard InChI is InChI=1S/C13H26N2/c1-3-15(13-8-9-14-10-13)12-6-4-11(2)5-7-12/h11-14H,3-10H2,1-2H3. The van der Waals surface area contributed by atoms with Gasteiger partial charge in [0.2, 0.25) is 0 Å². The van der Waals surface area contributed by atoms with Gasteiger partial charge in [0, 0.05) is 18.6 Å². The Kier molecular flexibility index (Phi) is 4.04. The molecule has 2 nitrogen and oxygen atoms in total. The van der Waals surface area contributed by atoms with Crippen LogP contribution in [0.2, 0.25) is 0 Å². The molecule has 0 amide bonds. The highest BCUT2D eigenvalue weighted by Crippen LogP contribution is 2.28. The van der Waals surface area contributed by atoms with Crippen LogP contribution in [0.15, 0.2) is 0 Å². The Morgan fingerprint density at radius 3 is 2.33 bits per heavy atom. The van der Waals surface area contributed by atoms with Gasteiger partial charge in [-0.1, -0.05) is 13.8 Å². The lowest BCUT2D eigenvalue weighted by atomic mass is 9.86. The van der Waals surface area contributed by atoms with E-state index < -0.39 is 0 Å². The molecular weight excluding hydrogens is 184 g/mol. The van der Waals surface area contributed by atoms with Crippen LogP contribution >= 0.6 is 0 Å². The van der Waals surface area contributed by atoms with Gasteiger partial charge in [-0.2, -0.15) is 0 Å². The molecule has 0 bridgehead atoms. The van der Waals surface area contributed by atoms with Crippen LogP contribution in [0.5, 0.6) is 0 Å². The summed E-state index contributed by atoms with van der Waals surface area (Å²) < 4.78 is 0. The molecular formula is C13H26N2. The molecule has 1 unspecified atom stereocenters. The van der Waals surface area contributed by atoms with E-state index >= 15 is 0 Å². The van der Waals surface area contributed by atoms with E-state index in [0.29, 0.717) is 0 Å². The van der Waals surface area contributed by atoms with Crippen molar-refractivity contribution in [1.29, 1.82) is 0 Å². The molecule has 15 heavy (non-hydrogen) atoms. The van der Waals surface area contributed by atoms with Gasteiger partial charge in [-0.15, -0.1) is 0 Å². The lowest BCUT2D eigenvalue weighted by molar-refractivity contribution is 0.107. The van der Waals surface area contributed by atoms with Crippen molar-refractivity contribution in [3.8, 4) is 0 Å². The average Bonchev–Trinajstić information content (AvgIpc) is 2.75. The molecule has 1 saturated heterocycles. The van der Waals surface area contributed by atoms with Crippen LogP contribution in [0, 0.1) is 5.92 Å². The highest BCUT2D eigenvalue weighted by atomic mass is 15.2. The third-order valence-electron chi connectivity index (χ3n) is 4.32. The van der Waals surface area contributed by atoms with Gasteiger partial charge in [0.1, 0.15) is 0 Å². The summed E-state index contributed by atoms with van der Waals surface area (Å²) in [7, 11) is 0. The van der Waals surface area contributed by atoms with Crippen molar-refractivity contribution in [1.82, 2.24) is 10.2 Å². The second-order valence-electron chi connectivity index (χ2n) is 5.39. The van der Waals surface area contributed by atoms with E-state index in [4.69, 9.17) is 0 Å². The smallest absolute Gasteiger partial charge is 0.0235 e. The van der Waals surface area contributed by atoms with Crippen LogP contribution in [0.3, 0.4) is 0 Å². The predicted molar refractivity (Wildman–Crippen MR) is 65.1 cm³/mol. The van der Waals surface area contributed by atoms with Crippen molar-refractivity contribution in [2.45, 2.75) is 58.0 Å². The zero-order chi connectivity index (χ0) is 10.7. The Bertz CT molecular complexity index is 179. The SMILES string of the molecule is CCN(C1CCC(C)CC1)C1CCNC1. The fourth-order valence-electron chi connectivity index (χ4n) is 3.31. The molecule has 2 fully saturated rings. The average molecular weight is 210 g/mol. The molecule has 1 N–H and O–H groups in total.